The number of ether oxygens (including phenoxy) is 1. The molecule has 0 spiro atoms. The first kappa shape index (κ1) is 9.31. The van der Waals surface area contributed by atoms with Gasteiger partial charge in [0, 0.05) is 6.07 Å². The summed E-state index contributed by atoms with van der Waals surface area (Å²) in [6.45, 7) is 0. The van der Waals surface area contributed by atoms with E-state index in [1.165, 1.54) is 13.2 Å². The maximum atomic E-state index is 10.4. The van der Waals surface area contributed by atoms with Crippen LogP contribution in [0.15, 0.2) is 12.1 Å². The molecular formula is C8H10N2O3. The van der Waals surface area contributed by atoms with Gasteiger partial charge in [0.2, 0.25) is 5.88 Å². The van der Waals surface area contributed by atoms with E-state index in [1.807, 2.05) is 0 Å². The third-order valence-electron chi connectivity index (χ3n) is 1.45. The van der Waals surface area contributed by atoms with Crippen LogP contribution in [-0.4, -0.2) is 23.2 Å². The van der Waals surface area contributed by atoms with Crippen molar-refractivity contribution in [2.45, 2.75) is 6.42 Å². The summed E-state index contributed by atoms with van der Waals surface area (Å²) in [5.41, 5.74) is 6.01. The molecule has 0 atom stereocenters. The molecule has 0 unspecified atom stereocenters. The SMILES string of the molecule is COc1cc(CC(=O)O)cc(N)n1. The van der Waals surface area contributed by atoms with Crippen molar-refractivity contribution >= 4 is 11.8 Å². The first-order valence-corrected chi connectivity index (χ1v) is 3.64. The Bertz CT molecular complexity index is 325. The van der Waals surface area contributed by atoms with Gasteiger partial charge in [0.05, 0.1) is 13.5 Å². The van der Waals surface area contributed by atoms with Crippen LogP contribution in [0.2, 0.25) is 0 Å². The van der Waals surface area contributed by atoms with Crippen LogP contribution >= 0.6 is 0 Å². The van der Waals surface area contributed by atoms with Crippen LogP contribution in [0.1, 0.15) is 5.56 Å². The molecule has 5 nitrogen and oxygen atoms in total. The fourth-order valence-electron chi connectivity index (χ4n) is 0.963. The summed E-state index contributed by atoms with van der Waals surface area (Å²) < 4.78 is 4.83. The summed E-state index contributed by atoms with van der Waals surface area (Å²) in [5, 5.41) is 8.52. The van der Waals surface area contributed by atoms with Crippen molar-refractivity contribution in [2.24, 2.45) is 0 Å². The second kappa shape index (κ2) is 3.75. The van der Waals surface area contributed by atoms with Crippen molar-refractivity contribution in [2.75, 3.05) is 12.8 Å². The van der Waals surface area contributed by atoms with Gasteiger partial charge in [-0.05, 0) is 11.6 Å². The average Bonchev–Trinajstić information content (AvgIpc) is 2.01. The standard InChI is InChI=1S/C8H10N2O3/c1-13-7-3-5(4-8(11)12)2-6(9)10-7/h2-3H,4H2,1H3,(H2,9,10)(H,11,12). The highest BCUT2D eigenvalue weighted by Crippen LogP contribution is 2.13. The number of carboxylic acids is 1. The molecule has 1 rings (SSSR count). The van der Waals surface area contributed by atoms with Crippen LogP contribution in [0.5, 0.6) is 5.88 Å². The molecule has 70 valence electrons. The minimum Gasteiger partial charge on any atom is -0.481 e. The summed E-state index contributed by atoms with van der Waals surface area (Å²) >= 11 is 0. The minimum absolute atomic E-state index is 0.0803. The van der Waals surface area contributed by atoms with Gasteiger partial charge in [-0.15, -0.1) is 0 Å². The lowest BCUT2D eigenvalue weighted by atomic mass is 10.2. The maximum absolute atomic E-state index is 10.4. The van der Waals surface area contributed by atoms with Gasteiger partial charge >= 0.3 is 5.97 Å². The van der Waals surface area contributed by atoms with Crippen LogP contribution in [-0.2, 0) is 11.2 Å². The topological polar surface area (TPSA) is 85.4 Å². The smallest absolute Gasteiger partial charge is 0.307 e. The molecule has 1 aromatic heterocycles. The average molecular weight is 182 g/mol. The Balaban J connectivity index is 2.94. The Hall–Kier alpha value is -1.78. The molecule has 5 heteroatoms. The first-order chi connectivity index (χ1) is 6.11. The molecule has 0 aromatic carbocycles. The molecule has 1 heterocycles. The van der Waals surface area contributed by atoms with E-state index in [0.717, 1.165) is 0 Å². The predicted octanol–water partition coefficient (Wildman–Crippen LogP) is 0.299. The van der Waals surface area contributed by atoms with E-state index in [2.05, 4.69) is 4.98 Å². The maximum Gasteiger partial charge on any atom is 0.307 e. The van der Waals surface area contributed by atoms with Crippen molar-refractivity contribution in [3.8, 4) is 5.88 Å². The van der Waals surface area contributed by atoms with Crippen molar-refractivity contribution < 1.29 is 14.6 Å². The summed E-state index contributed by atoms with van der Waals surface area (Å²) in [4.78, 5) is 14.2. The molecule has 0 aliphatic carbocycles. The largest absolute Gasteiger partial charge is 0.481 e. The molecule has 0 radical (unpaired) electrons. The summed E-state index contributed by atoms with van der Waals surface area (Å²) in [6.07, 6.45) is -0.0803. The molecule has 0 amide bonds. The van der Waals surface area contributed by atoms with Gasteiger partial charge in [0.25, 0.3) is 0 Å². The molecule has 0 saturated heterocycles. The monoisotopic (exact) mass is 182 g/mol. The zero-order valence-corrected chi connectivity index (χ0v) is 7.15. The number of methoxy groups -OCH3 is 1. The number of nitrogen functional groups attached to an aromatic ring is 1. The van der Waals surface area contributed by atoms with Crippen LogP contribution in [0.4, 0.5) is 5.82 Å². The van der Waals surface area contributed by atoms with Crippen LogP contribution in [0.25, 0.3) is 0 Å². The fraction of sp³-hybridized carbons (Fsp3) is 0.250. The molecule has 0 aliphatic heterocycles. The second-order valence-corrected chi connectivity index (χ2v) is 2.51. The van der Waals surface area contributed by atoms with Crippen molar-refractivity contribution in [1.29, 1.82) is 0 Å². The van der Waals surface area contributed by atoms with Gasteiger partial charge in [-0.2, -0.15) is 4.98 Å². The second-order valence-electron chi connectivity index (χ2n) is 2.51. The lowest BCUT2D eigenvalue weighted by Crippen LogP contribution is -2.02. The van der Waals surface area contributed by atoms with Gasteiger partial charge in [0.15, 0.2) is 0 Å². The van der Waals surface area contributed by atoms with E-state index in [0.29, 0.717) is 11.4 Å². The lowest BCUT2D eigenvalue weighted by molar-refractivity contribution is -0.136. The van der Waals surface area contributed by atoms with Crippen LogP contribution in [0, 0.1) is 0 Å². The molecule has 0 bridgehead atoms. The van der Waals surface area contributed by atoms with E-state index < -0.39 is 5.97 Å². The van der Waals surface area contributed by atoms with Gasteiger partial charge in [-0.1, -0.05) is 0 Å². The van der Waals surface area contributed by atoms with E-state index in [1.54, 1.807) is 6.07 Å². The van der Waals surface area contributed by atoms with Gasteiger partial charge < -0.3 is 15.6 Å². The zero-order valence-electron chi connectivity index (χ0n) is 7.15. The molecule has 1 aromatic rings. The summed E-state index contributed by atoms with van der Waals surface area (Å²) in [5.74, 6) is -0.320. The zero-order chi connectivity index (χ0) is 9.84. The number of nitrogens with two attached hydrogens (primary N) is 1. The fourth-order valence-corrected chi connectivity index (χ4v) is 0.963. The highest BCUT2D eigenvalue weighted by Gasteiger charge is 2.04. The van der Waals surface area contributed by atoms with Crippen molar-refractivity contribution in [1.82, 2.24) is 4.98 Å². The number of hydrogen-bond donors (Lipinski definition) is 2. The van der Waals surface area contributed by atoms with Crippen LogP contribution < -0.4 is 10.5 Å². The lowest BCUT2D eigenvalue weighted by Gasteiger charge is -2.02. The van der Waals surface area contributed by atoms with Gasteiger partial charge in [-0.25, -0.2) is 0 Å². The molecule has 3 N–H and O–H groups in total. The normalized spacial score (nSPS) is 9.62. The number of aliphatic carboxylic acids is 1. The van der Waals surface area contributed by atoms with Gasteiger partial charge in [0.1, 0.15) is 5.82 Å². The highest BCUT2D eigenvalue weighted by atomic mass is 16.5. The predicted molar refractivity (Wildman–Crippen MR) is 46.5 cm³/mol. The van der Waals surface area contributed by atoms with E-state index >= 15 is 0 Å². The van der Waals surface area contributed by atoms with E-state index in [9.17, 15) is 4.79 Å². The molecule has 0 aliphatic rings. The Morgan fingerprint density at radius 3 is 2.92 bits per heavy atom. The Morgan fingerprint density at radius 2 is 2.38 bits per heavy atom. The number of rotatable bonds is 3. The molecule has 0 saturated carbocycles. The Kier molecular flexibility index (Phi) is 2.69. The highest BCUT2D eigenvalue weighted by molar-refractivity contribution is 5.70. The minimum atomic E-state index is -0.910. The molecular weight excluding hydrogens is 172 g/mol. The number of nitrogens with zero attached hydrogens (tertiary/aromatic N) is 1. The third-order valence-corrected chi connectivity index (χ3v) is 1.45. The number of carbonyl (C=O) groups is 1. The third kappa shape index (κ3) is 2.62. The molecule has 0 fully saturated rings. The first-order valence-electron chi connectivity index (χ1n) is 3.64. The Morgan fingerprint density at radius 1 is 1.69 bits per heavy atom. The number of pyridine rings is 1. The summed E-state index contributed by atoms with van der Waals surface area (Å²) in [6, 6.07) is 3.06. The van der Waals surface area contributed by atoms with Crippen LogP contribution in [0.3, 0.4) is 0 Å². The number of aromatic nitrogens is 1. The summed E-state index contributed by atoms with van der Waals surface area (Å²) in [7, 11) is 1.45. The number of carboxylic acid groups (broad SMARTS) is 1. The quantitative estimate of drug-likeness (QED) is 0.702. The van der Waals surface area contributed by atoms with Gasteiger partial charge in [-0.3, -0.25) is 4.79 Å². The van der Waals surface area contributed by atoms with Crippen molar-refractivity contribution in [3.05, 3.63) is 17.7 Å². The number of anilines is 1. The van der Waals surface area contributed by atoms with Crippen molar-refractivity contribution in [3.63, 3.8) is 0 Å². The van der Waals surface area contributed by atoms with E-state index in [-0.39, 0.29) is 12.2 Å². The molecule has 13 heavy (non-hydrogen) atoms. The number of hydrogen-bond acceptors (Lipinski definition) is 4. The Labute approximate surface area is 75.2 Å². The van der Waals surface area contributed by atoms with E-state index in [4.69, 9.17) is 15.6 Å².